The number of carbonyl (C=O) groups is 13. The third-order valence-corrected chi connectivity index (χ3v) is 11.6. The Labute approximate surface area is 425 Å². The van der Waals surface area contributed by atoms with E-state index in [1.165, 1.54) is 0 Å². The molecule has 8 amide bonds. The van der Waals surface area contributed by atoms with Gasteiger partial charge in [0.05, 0.1) is 25.1 Å². The molecule has 0 aliphatic carbocycles. The van der Waals surface area contributed by atoms with Crippen molar-refractivity contribution < 1.29 is 93.0 Å². The molecular weight excluding hydrogens is 983 g/mol. The molecule has 0 spiro atoms. The molecule has 74 heavy (non-hydrogen) atoms. The summed E-state index contributed by atoms with van der Waals surface area (Å²) in [6.45, 7) is 6.63. The molecule has 1 rings (SSSR count). The van der Waals surface area contributed by atoms with Crippen LogP contribution in [0.15, 0.2) is 30.3 Å². The van der Waals surface area contributed by atoms with Crippen LogP contribution in [-0.2, 0) is 68.7 Å². The number of nitrogens with one attached hydrogen (secondary N) is 8. The van der Waals surface area contributed by atoms with Crippen molar-refractivity contribution in [3.05, 3.63) is 35.9 Å². The first kappa shape index (κ1) is 64.3. The highest BCUT2D eigenvalue weighted by Gasteiger charge is 2.36. The van der Waals surface area contributed by atoms with Crippen LogP contribution in [0.25, 0.3) is 0 Å². The first-order valence-electron chi connectivity index (χ1n) is 23.6. The van der Waals surface area contributed by atoms with Crippen molar-refractivity contribution in [1.29, 1.82) is 0 Å². The number of nitrogens with two attached hydrogens (primary N) is 1. The van der Waals surface area contributed by atoms with Gasteiger partial charge in [0, 0.05) is 25.7 Å². The second kappa shape index (κ2) is 32.3. The first-order chi connectivity index (χ1) is 34.6. The third kappa shape index (κ3) is 23.7. The predicted octanol–water partition coefficient (Wildman–Crippen LogP) is -3.31. The quantitative estimate of drug-likeness (QED) is 0.0316. The molecule has 0 unspecified atom stereocenters. The summed E-state index contributed by atoms with van der Waals surface area (Å²) >= 11 is 0. The van der Waals surface area contributed by atoms with Crippen molar-refractivity contribution in [3.8, 4) is 0 Å². The number of amides is 8. The molecule has 16 N–H and O–H groups in total. The van der Waals surface area contributed by atoms with E-state index in [9.17, 15) is 93.0 Å². The lowest BCUT2D eigenvalue weighted by molar-refractivity contribution is -0.143. The highest BCUT2D eigenvalue weighted by atomic mass is 16.4. The predicted molar refractivity (Wildman–Crippen MR) is 256 cm³/mol. The van der Waals surface area contributed by atoms with Gasteiger partial charge in [0.1, 0.15) is 42.3 Å². The number of hydrogen-bond donors (Lipinski definition) is 15. The number of rotatable bonds is 35. The Hall–Kier alpha value is -7.75. The fourth-order valence-electron chi connectivity index (χ4n) is 6.77. The second-order valence-corrected chi connectivity index (χ2v) is 17.5. The number of aliphatic hydroxyl groups excluding tert-OH is 1. The second-order valence-electron chi connectivity index (χ2n) is 17.5. The molecule has 0 bridgehead atoms. The lowest BCUT2D eigenvalue weighted by Crippen LogP contribution is -2.61. The van der Waals surface area contributed by atoms with Gasteiger partial charge in [-0.05, 0) is 43.6 Å². The minimum atomic E-state index is -2.11. The molecule has 11 atom stereocenters. The van der Waals surface area contributed by atoms with Gasteiger partial charge in [-0.3, -0.25) is 57.5 Å². The summed E-state index contributed by atoms with van der Waals surface area (Å²) in [5, 5.41) is 75.6. The number of carboxylic acid groups (broad SMARTS) is 5. The van der Waals surface area contributed by atoms with E-state index < -0.39 is 189 Å². The van der Waals surface area contributed by atoms with Gasteiger partial charge in [-0.2, -0.15) is 0 Å². The van der Waals surface area contributed by atoms with Crippen LogP contribution < -0.4 is 48.3 Å². The molecular formula is C46H69N9O19. The fraction of sp³-hybridized carbons (Fsp3) is 0.587. The van der Waals surface area contributed by atoms with E-state index in [0.29, 0.717) is 12.0 Å². The van der Waals surface area contributed by atoms with E-state index in [4.69, 9.17) is 5.73 Å². The molecule has 0 aromatic heterocycles. The highest BCUT2D eigenvalue weighted by Crippen LogP contribution is 2.13. The van der Waals surface area contributed by atoms with Crippen molar-refractivity contribution in [3.63, 3.8) is 0 Å². The Morgan fingerprint density at radius 2 is 0.905 bits per heavy atom. The summed E-state index contributed by atoms with van der Waals surface area (Å²) in [6, 6.07) is -4.83. The van der Waals surface area contributed by atoms with Crippen LogP contribution in [-0.4, -0.2) is 169 Å². The van der Waals surface area contributed by atoms with E-state index in [1.807, 2.05) is 10.6 Å². The van der Waals surface area contributed by atoms with Crippen LogP contribution in [0.3, 0.4) is 0 Å². The van der Waals surface area contributed by atoms with Gasteiger partial charge in [-0.1, -0.05) is 70.9 Å². The van der Waals surface area contributed by atoms with Crippen LogP contribution in [0, 0.1) is 11.8 Å². The maximum Gasteiger partial charge on any atom is 0.326 e. The molecule has 0 aliphatic rings. The third-order valence-electron chi connectivity index (χ3n) is 11.6. The topological polar surface area (TPSA) is 466 Å². The van der Waals surface area contributed by atoms with Crippen LogP contribution in [0.1, 0.15) is 98.0 Å². The van der Waals surface area contributed by atoms with Crippen LogP contribution >= 0.6 is 0 Å². The molecule has 1 aromatic carbocycles. The van der Waals surface area contributed by atoms with E-state index in [0.717, 1.165) is 6.92 Å². The van der Waals surface area contributed by atoms with E-state index >= 15 is 0 Å². The summed E-state index contributed by atoms with van der Waals surface area (Å²) in [4.78, 5) is 165. The normalized spacial score (nSPS) is 15.4. The van der Waals surface area contributed by atoms with Gasteiger partial charge in [0.2, 0.25) is 47.3 Å². The molecule has 1 aromatic rings. The molecule has 28 heteroatoms. The maximum atomic E-state index is 13.6. The SMILES string of the molecule is CC[C@H](C)[C@H](N)C(=O)N[C@@H](CCC(=O)O)C(=O)N[C@@H](CCC(=O)O)C(=O)N[C@@H](CC(=O)O)C(=O)N[C@H](C(=O)NCC(=O)N[C@@H](CCC(=O)O)C(=O)N[C@H](C(=O)N[C@@H](Cc1ccccc1)C(=O)O)[C@@H](C)CC)[C@@H](C)O. The van der Waals surface area contributed by atoms with E-state index in [1.54, 1.807) is 58.0 Å². The average molecular weight is 1050 g/mol. The largest absolute Gasteiger partial charge is 0.481 e. The molecule has 0 aliphatic heterocycles. The Kier molecular flexibility index (Phi) is 28.1. The van der Waals surface area contributed by atoms with Crippen molar-refractivity contribution in [2.24, 2.45) is 17.6 Å². The van der Waals surface area contributed by atoms with Gasteiger partial charge in [0.25, 0.3) is 0 Å². The summed E-state index contributed by atoms with van der Waals surface area (Å²) in [7, 11) is 0. The lowest BCUT2D eigenvalue weighted by Gasteiger charge is -2.28. The summed E-state index contributed by atoms with van der Waals surface area (Å²) in [5.74, 6) is -17.5. The zero-order valence-electron chi connectivity index (χ0n) is 41.6. The van der Waals surface area contributed by atoms with E-state index in [2.05, 4.69) is 31.9 Å². The number of aliphatic hydroxyl groups is 1. The van der Waals surface area contributed by atoms with Crippen LogP contribution in [0.5, 0.6) is 0 Å². The van der Waals surface area contributed by atoms with Gasteiger partial charge in [-0.15, -0.1) is 0 Å². The van der Waals surface area contributed by atoms with Gasteiger partial charge in [-0.25, -0.2) is 4.79 Å². The number of carbonyl (C=O) groups excluding carboxylic acids is 8. The molecule has 0 fully saturated rings. The van der Waals surface area contributed by atoms with Gasteiger partial charge < -0.3 is 78.9 Å². The van der Waals surface area contributed by atoms with Crippen molar-refractivity contribution in [1.82, 2.24) is 42.5 Å². The van der Waals surface area contributed by atoms with Crippen LogP contribution in [0.4, 0.5) is 0 Å². The minimum Gasteiger partial charge on any atom is -0.481 e. The van der Waals surface area contributed by atoms with Crippen molar-refractivity contribution in [2.45, 2.75) is 153 Å². The summed E-state index contributed by atoms with van der Waals surface area (Å²) in [5.41, 5.74) is 6.54. The van der Waals surface area contributed by atoms with Crippen LogP contribution in [0.2, 0.25) is 0 Å². The smallest absolute Gasteiger partial charge is 0.326 e. The molecule has 28 nitrogen and oxygen atoms in total. The van der Waals surface area contributed by atoms with E-state index in [-0.39, 0.29) is 18.8 Å². The highest BCUT2D eigenvalue weighted by molar-refractivity contribution is 5.98. The number of aliphatic carboxylic acids is 5. The minimum absolute atomic E-state index is 0.109. The molecule has 0 saturated heterocycles. The number of carboxylic acids is 5. The van der Waals surface area contributed by atoms with Gasteiger partial charge in [0.15, 0.2) is 0 Å². The van der Waals surface area contributed by atoms with Crippen molar-refractivity contribution in [2.75, 3.05) is 6.54 Å². The number of benzene rings is 1. The Morgan fingerprint density at radius 1 is 0.486 bits per heavy atom. The Bertz CT molecular complexity index is 2160. The number of hydrogen-bond acceptors (Lipinski definition) is 15. The monoisotopic (exact) mass is 1050 g/mol. The maximum absolute atomic E-state index is 13.6. The zero-order chi connectivity index (χ0) is 56.4. The summed E-state index contributed by atoms with van der Waals surface area (Å²) in [6.07, 6.45) is -6.25. The first-order valence-corrected chi connectivity index (χ1v) is 23.6. The standard InChI is InChI=1S/C46H69N9O19/c1-6-22(3)36(47)43(70)51-28(15-18-34(62)63)39(66)50-27(14-17-33(60)61)40(67)52-29(20-35(64)65)42(69)55-38(24(5)56)44(71)48-21-31(57)49-26(13-16-32(58)59)41(68)54-37(23(4)7-2)45(72)53-30(46(73)74)19-25-11-9-8-10-12-25/h8-12,22-24,26-30,36-38,56H,6-7,13-21,47H2,1-5H3,(H,48,71)(H,49,57)(H,50,66)(H,51,70)(H,52,67)(H,53,72)(H,54,68)(H,55,69)(H,58,59)(H,60,61)(H,62,63)(H,64,65)(H,73,74)/t22-,23-,24+,26-,27-,28-,29-,30-,36-,37-,38-/m0/s1. The molecule has 412 valence electrons. The molecule has 0 heterocycles. The van der Waals surface area contributed by atoms with Crippen molar-refractivity contribution >= 4 is 77.1 Å². The molecule has 0 saturated carbocycles. The fourth-order valence-corrected chi connectivity index (χ4v) is 6.77. The Morgan fingerprint density at radius 3 is 1.35 bits per heavy atom. The lowest BCUT2D eigenvalue weighted by atomic mass is 9.96. The molecule has 0 radical (unpaired) electrons. The Balaban J connectivity index is 3.28. The summed E-state index contributed by atoms with van der Waals surface area (Å²) < 4.78 is 0. The zero-order valence-corrected chi connectivity index (χ0v) is 41.6. The van der Waals surface area contributed by atoms with Gasteiger partial charge >= 0.3 is 29.8 Å². The average Bonchev–Trinajstić information content (AvgIpc) is 3.33.